The maximum atomic E-state index is 15.4. The Hall–Kier alpha value is -3.69. The third-order valence-electron chi connectivity index (χ3n) is 8.60. The first kappa shape index (κ1) is 27.5. The first-order valence-electron chi connectivity index (χ1n) is 14.2. The molecule has 1 atom stereocenters. The van der Waals surface area contributed by atoms with E-state index in [1.54, 1.807) is 24.3 Å². The number of amides is 3. The van der Waals surface area contributed by atoms with Crippen molar-refractivity contribution in [2.24, 2.45) is 0 Å². The van der Waals surface area contributed by atoms with Gasteiger partial charge in [0, 0.05) is 56.5 Å². The maximum Gasteiger partial charge on any atom is 0.259 e. The number of carbonyl (C=O) groups excluding carboxylic acids is 3. The summed E-state index contributed by atoms with van der Waals surface area (Å²) >= 11 is 0. The summed E-state index contributed by atoms with van der Waals surface area (Å²) in [5, 5.41) is 3.35. The monoisotopic (exact) mass is 560 g/mol. The minimum atomic E-state index is -0.855. The number of piperazine rings is 1. The van der Waals surface area contributed by atoms with E-state index in [0.29, 0.717) is 34.1 Å². The fourth-order valence-corrected chi connectivity index (χ4v) is 6.36. The number of carbonyl (C=O) groups is 3. The zero-order valence-corrected chi connectivity index (χ0v) is 23.6. The first-order valence-corrected chi connectivity index (χ1v) is 14.2. The van der Waals surface area contributed by atoms with Gasteiger partial charge in [-0.3, -0.25) is 34.4 Å². The highest BCUT2D eigenvalue weighted by Gasteiger charge is 2.41. The van der Waals surface area contributed by atoms with Crippen molar-refractivity contribution >= 4 is 34.2 Å². The zero-order chi connectivity index (χ0) is 29.1. The standard InChI is InChI=1S/C32H34F2N4O3/c1-32(2,3)37-12-10-36(11-13-37)18-19-4-5-21(25(34)14-19)15-20-6-7-26-29-23(20)16-22(33)17-24(29)31(41)38(26)27-8-9-28(39)35-30(27)40/h4-7,14,16-17,27H,8-13,15,18H2,1-3H3,(H,35,39,40)/t27-/m0/s1. The topological polar surface area (TPSA) is 73.0 Å². The van der Waals surface area contributed by atoms with Crippen LogP contribution in [0.25, 0.3) is 10.8 Å². The predicted octanol–water partition coefficient (Wildman–Crippen LogP) is 4.39. The van der Waals surface area contributed by atoms with E-state index in [-0.39, 0.29) is 42.1 Å². The molecule has 3 aliphatic rings. The van der Waals surface area contributed by atoms with Crippen LogP contribution in [-0.4, -0.2) is 65.3 Å². The van der Waals surface area contributed by atoms with E-state index in [0.717, 1.165) is 31.7 Å². The Morgan fingerprint density at radius 1 is 0.927 bits per heavy atom. The quantitative estimate of drug-likeness (QED) is 0.469. The Kier molecular flexibility index (Phi) is 6.90. The molecule has 0 spiro atoms. The number of hydrogen-bond donors (Lipinski definition) is 1. The second kappa shape index (κ2) is 10.3. The van der Waals surface area contributed by atoms with E-state index >= 15 is 4.39 Å². The molecule has 2 fully saturated rings. The lowest BCUT2D eigenvalue weighted by Crippen LogP contribution is -2.53. The molecule has 2 saturated heterocycles. The van der Waals surface area contributed by atoms with Crippen LogP contribution < -0.4 is 10.2 Å². The largest absolute Gasteiger partial charge is 0.297 e. The molecule has 3 amide bonds. The van der Waals surface area contributed by atoms with E-state index in [4.69, 9.17) is 0 Å². The summed E-state index contributed by atoms with van der Waals surface area (Å²) < 4.78 is 30.1. The third kappa shape index (κ3) is 5.13. The number of piperidine rings is 1. The first-order chi connectivity index (χ1) is 19.5. The van der Waals surface area contributed by atoms with Crippen LogP contribution >= 0.6 is 0 Å². The molecule has 3 heterocycles. The predicted molar refractivity (Wildman–Crippen MR) is 153 cm³/mol. The Morgan fingerprint density at radius 3 is 2.34 bits per heavy atom. The van der Waals surface area contributed by atoms with Crippen molar-refractivity contribution in [3.63, 3.8) is 0 Å². The molecule has 7 nitrogen and oxygen atoms in total. The molecule has 6 rings (SSSR count). The lowest BCUT2D eigenvalue weighted by atomic mass is 9.95. The molecule has 3 aliphatic heterocycles. The fourth-order valence-electron chi connectivity index (χ4n) is 6.36. The highest BCUT2D eigenvalue weighted by atomic mass is 19.1. The molecule has 0 aromatic heterocycles. The number of nitrogens with one attached hydrogen (secondary N) is 1. The average Bonchev–Trinajstić information content (AvgIpc) is 3.18. The van der Waals surface area contributed by atoms with Crippen molar-refractivity contribution in [1.29, 1.82) is 0 Å². The summed E-state index contributed by atoms with van der Waals surface area (Å²) in [5.41, 5.74) is 2.89. The molecule has 9 heteroatoms. The van der Waals surface area contributed by atoms with Crippen molar-refractivity contribution in [2.45, 2.75) is 58.2 Å². The van der Waals surface area contributed by atoms with Gasteiger partial charge in [0.05, 0.1) is 11.3 Å². The van der Waals surface area contributed by atoms with Gasteiger partial charge in [-0.05, 0) is 73.5 Å². The number of imide groups is 1. The van der Waals surface area contributed by atoms with Crippen LogP contribution in [-0.2, 0) is 22.6 Å². The summed E-state index contributed by atoms with van der Waals surface area (Å²) in [6.45, 7) is 11.2. The fraction of sp³-hybridized carbons (Fsp3) is 0.406. The van der Waals surface area contributed by atoms with Crippen molar-refractivity contribution in [1.82, 2.24) is 15.1 Å². The summed E-state index contributed by atoms with van der Waals surface area (Å²) in [7, 11) is 0. The van der Waals surface area contributed by atoms with Crippen LogP contribution in [0.3, 0.4) is 0 Å². The van der Waals surface area contributed by atoms with Gasteiger partial charge in [0.15, 0.2) is 0 Å². The molecule has 0 saturated carbocycles. The van der Waals surface area contributed by atoms with Gasteiger partial charge >= 0.3 is 0 Å². The number of anilines is 1. The van der Waals surface area contributed by atoms with Gasteiger partial charge in [0.2, 0.25) is 11.8 Å². The lowest BCUT2D eigenvalue weighted by Gasteiger charge is -2.42. The number of halogens is 2. The van der Waals surface area contributed by atoms with Crippen LogP contribution in [0, 0.1) is 11.6 Å². The molecular formula is C32H34F2N4O3. The molecule has 0 bridgehead atoms. The van der Waals surface area contributed by atoms with Crippen LogP contribution in [0.2, 0.25) is 0 Å². The normalized spacial score (nSPS) is 20.3. The molecule has 3 aromatic carbocycles. The summed E-state index contributed by atoms with van der Waals surface area (Å²) in [6.07, 6.45) is 0.539. The summed E-state index contributed by atoms with van der Waals surface area (Å²) in [6, 6.07) is 10.5. The second-order valence-electron chi connectivity index (χ2n) is 12.3. The van der Waals surface area contributed by atoms with E-state index in [1.807, 2.05) is 6.07 Å². The van der Waals surface area contributed by atoms with Crippen LogP contribution in [0.4, 0.5) is 14.5 Å². The van der Waals surface area contributed by atoms with Crippen LogP contribution in [0.1, 0.15) is 60.7 Å². The molecule has 0 radical (unpaired) electrons. The highest BCUT2D eigenvalue weighted by molar-refractivity contribution is 6.27. The second-order valence-corrected chi connectivity index (χ2v) is 12.3. The zero-order valence-electron chi connectivity index (χ0n) is 23.6. The average molecular weight is 561 g/mol. The summed E-state index contributed by atoms with van der Waals surface area (Å²) in [4.78, 5) is 43.8. The smallest absolute Gasteiger partial charge is 0.259 e. The van der Waals surface area contributed by atoms with Gasteiger partial charge in [0.1, 0.15) is 17.7 Å². The third-order valence-corrected chi connectivity index (χ3v) is 8.60. The molecule has 214 valence electrons. The Morgan fingerprint density at radius 2 is 1.66 bits per heavy atom. The van der Waals surface area contributed by atoms with Gasteiger partial charge in [0.25, 0.3) is 5.91 Å². The van der Waals surface area contributed by atoms with E-state index in [2.05, 4.69) is 35.9 Å². The number of rotatable bonds is 5. The van der Waals surface area contributed by atoms with E-state index in [1.165, 1.54) is 17.0 Å². The Balaban J connectivity index is 1.24. The minimum Gasteiger partial charge on any atom is -0.297 e. The molecule has 0 unspecified atom stereocenters. The van der Waals surface area contributed by atoms with Crippen LogP contribution in [0.5, 0.6) is 0 Å². The van der Waals surface area contributed by atoms with E-state index in [9.17, 15) is 18.8 Å². The lowest BCUT2D eigenvalue weighted by molar-refractivity contribution is -0.134. The molecule has 41 heavy (non-hydrogen) atoms. The maximum absolute atomic E-state index is 15.4. The molecule has 1 N–H and O–H groups in total. The number of benzene rings is 3. The van der Waals surface area contributed by atoms with Gasteiger partial charge in [-0.2, -0.15) is 0 Å². The SMILES string of the molecule is CC(C)(C)N1CCN(Cc2ccc(Cc3ccc4c5c(cc(F)cc35)C(=O)N4[C@H]3CCC(=O)NC3=O)c(F)c2)CC1. The van der Waals surface area contributed by atoms with Crippen molar-refractivity contribution in [3.05, 3.63) is 76.4 Å². The Bertz CT molecular complexity index is 1570. The minimum absolute atomic E-state index is 0.120. The molecule has 3 aromatic rings. The highest BCUT2D eigenvalue weighted by Crippen LogP contribution is 2.42. The molecular weight excluding hydrogens is 526 g/mol. The van der Waals surface area contributed by atoms with Crippen molar-refractivity contribution in [2.75, 3.05) is 31.1 Å². The van der Waals surface area contributed by atoms with Gasteiger partial charge in [-0.25, -0.2) is 8.78 Å². The molecule has 0 aliphatic carbocycles. The van der Waals surface area contributed by atoms with Gasteiger partial charge in [-0.1, -0.05) is 18.2 Å². The van der Waals surface area contributed by atoms with Gasteiger partial charge < -0.3 is 0 Å². The number of hydrogen-bond acceptors (Lipinski definition) is 5. The van der Waals surface area contributed by atoms with Gasteiger partial charge in [-0.15, -0.1) is 0 Å². The van der Waals surface area contributed by atoms with Crippen molar-refractivity contribution < 1.29 is 23.2 Å². The van der Waals surface area contributed by atoms with Crippen LogP contribution in [0.15, 0.2) is 42.5 Å². The number of nitrogens with zero attached hydrogens (tertiary/aromatic N) is 3. The summed E-state index contributed by atoms with van der Waals surface area (Å²) in [5.74, 6) is -2.29. The van der Waals surface area contributed by atoms with E-state index < -0.39 is 23.7 Å². The van der Waals surface area contributed by atoms with Crippen molar-refractivity contribution in [3.8, 4) is 0 Å². The Labute approximate surface area is 238 Å².